The van der Waals surface area contributed by atoms with Crippen LogP contribution in [0.4, 0.5) is 0 Å². The summed E-state index contributed by atoms with van der Waals surface area (Å²) in [5, 5.41) is 3.01. The molecule has 8 heteroatoms. The van der Waals surface area contributed by atoms with Crippen molar-refractivity contribution in [3.8, 4) is 17.2 Å². The lowest BCUT2D eigenvalue weighted by Gasteiger charge is -2.12. The molecule has 1 aromatic heterocycles. The number of nitrogens with one attached hydrogen (secondary N) is 1. The number of fused-ring (bicyclic) bond motifs is 1. The maximum atomic E-state index is 12.7. The zero-order valence-corrected chi connectivity index (χ0v) is 16.4. The van der Waals surface area contributed by atoms with Crippen LogP contribution < -0.4 is 25.2 Å². The van der Waals surface area contributed by atoms with E-state index in [1.54, 1.807) is 24.3 Å². The third-order valence-corrected chi connectivity index (χ3v) is 4.20. The highest BCUT2D eigenvalue weighted by Crippen LogP contribution is 2.30. The zero-order chi connectivity index (χ0) is 21.7. The fourth-order valence-corrected chi connectivity index (χ4v) is 2.78. The molecule has 0 aliphatic heterocycles. The molecule has 0 saturated carbocycles. The van der Waals surface area contributed by atoms with Gasteiger partial charge in [0.15, 0.2) is 0 Å². The van der Waals surface area contributed by atoms with Crippen LogP contribution in [0.15, 0.2) is 64.3 Å². The van der Waals surface area contributed by atoms with Gasteiger partial charge in [-0.2, -0.15) is 0 Å². The van der Waals surface area contributed by atoms with E-state index in [1.807, 2.05) is 0 Å². The number of esters is 1. The van der Waals surface area contributed by atoms with Crippen molar-refractivity contribution in [3.05, 3.63) is 76.7 Å². The third kappa shape index (κ3) is 4.17. The predicted molar refractivity (Wildman–Crippen MR) is 110 cm³/mol. The minimum atomic E-state index is -0.807. The van der Waals surface area contributed by atoms with Crippen molar-refractivity contribution in [2.75, 3.05) is 20.8 Å². The highest BCUT2D eigenvalue weighted by molar-refractivity contribution is 5.98. The van der Waals surface area contributed by atoms with Gasteiger partial charge in [0, 0.05) is 18.0 Å². The molecule has 0 spiro atoms. The van der Waals surface area contributed by atoms with Crippen molar-refractivity contribution < 1.29 is 28.2 Å². The molecule has 0 aliphatic rings. The van der Waals surface area contributed by atoms with E-state index in [1.165, 1.54) is 38.5 Å². The van der Waals surface area contributed by atoms with Gasteiger partial charge in [0.25, 0.3) is 5.91 Å². The number of carbonyl (C=O) groups excluding carboxylic acids is 2. The molecule has 0 saturated heterocycles. The van der Waals surface area contributed by atoms with Gasteiger partial charge in [0.05, 0.1) is 14.2 Å². The maximum absolute atomic E-state index is 12.7. The molecule has 2 aromatic carbocycles. The Morgan fingerprint density at radius 3 is 2.43 bits per heavy atom. The van der Waals surface area contributed by atoms with Gasteiger partial charge in [-0.3, -0.25) is 4.79 Å². The smallest absolute Gasteiger partial charge is 0.351 e. The average molecular weight is 409 g/mol. The molecule has 154 valence electrons. The summed E-state index contributed by atoms with van der Waals surface area (Å²) in [6.07, 6.45) is 1.50. The van der Waals surface area contributed by atoms with Crippen molar-refractivity contribution in [3.63, 3.8) is 0 Å². The number of amides is 1. The van der Waals surface area contributed by atoms with Crippen molar-refractivity contribution in [2.45, 2.75) is 0 Å². The molecular weight excluding hydrogens is 390 g/mol. The first-order chi connectivity index (χ1) is 14.5. The summed E-state index contributed by atoms with van der Waals surface area (Å²) in [6.45, 7) is 3.72. The third-order valence-electron chi connectivity index (χ3n) is 4.20. The van der Waals surface area contributed by atoms with Crippen LogP contribution in [0.1, 0.15) is 20.7 Å². The Morgan fingerprint density at radius 2 is 1.80 bits per heavy atom. The fourth-order valence-electron chi connectivity index (χ4n) is 2.78. The Bertz CT molecular complexity index is 1160. The standard InChI is InChI=1S/C22H19NO7/c1-4-10-23-20(24)15-11-13-8-9-14(12-18(13)30-21(15)25)29-22(26)19-16(27-2)6-5-7-17(19)28-3/h4-9,11-12H,1,10H2,2-3H3,(H,23,24). The molecule has 30 heavy (non-hydrogen) atoms. The second-order valence-corrected chi connectivity index (χ2v) is 6.07. The van der Waals surface area contributed by atoms with Gasteiger partial charge < -0.3 is 23.9 Å². The van der Waals surface area contributed by atoms with Crippen LogP contribution in [-0.4, -0.2) is 32.6 Å². The van der Waals surface area contributed by atoms with Crippen LogP contribution in [0.5, 0.6) is 17.2 Å². The first-order valence-corrected chi connectivity index (χ1v) is 8.88. The monoisotopic (exact) mass is 409 g/mol. The summed E-state index contributed by atoms with van der Waals surface area (Å²) in [5.41, 5.74) is -0.650. The summed E-state index contributed by atoms with van der Waals surface area (Å²) < 4.78 is 21.1. The largest absolute Gasteiger partial charge is 0.496 e. The van der Waals surface area contributed by atoms with Crippen molar-refractivity contribution >= 4 is 22.8 Å². The molecule has 1 amide bonds. The Hall–Kier alpha value is -4.07. The van der Waals surface area contributed by atoms with Gasteiger partial charge >= 0.3 is 11.6 Å². The number of hydrogen-bond donors (Lipinski definition) is 1. The molecule has 0 aliphatic carbocycles. The van der Waals surface area contributed by atoms with Crippen LogP contribution in [0.3, 0.4) is 0 Å². The Morgan fingerprint density at radius 1 is 1.10 bits per heavy atom. The molecule has 0 unspecified atom stereocenters. The number of benzene rings is 2. The van der Waals surface area contributed by atoms with E-state index in [0.29, 0.717) is 16.9 Å². The van der Waals surface area contributed by atoms with Gasteiger partial charge in [0.1, 0.15) is 34.0 Å². The maximum Gasteiger partial charge on any atom is 0.351 e. The van der Waals surface area contributed by atoms with E-state index in [2.05, 4.69) is 11.9 Å². The van der Waals surface area contributed by atoms with E-state index in [0.717, 1.165) is 0 Å². The van der Waals surface area contributed by atoms with Gasteiger partial charge in [0.2, 0.25) is 0 Å². The van der Waals surface area contributed by atoms with Gasteiger partial charge in [-0.1, -0.05) is 12.1 Å². The summed E-state index contributed by atoms with van der Waals surface area (Å²) in [6, 6.07) is 10.8. The molecule has 0 fully saturated rings. The van der Waals surface area contributed by atoms with Crippen LogP contribution in [0.25, 0.3) is 11.0 Å². The Balaban J connectivity index is 1.92. The lowest BCUT2D eigenvalue weighted by atomic mass is 10.1. The molecular formula is C22H19NO7. The molecule has 1 heterocycles. The van der Waals surface area contributed by atoms with Crippen LogP contribution in [0, 0.1) is 0 Å². The van der Waals surface area contributed by atoms with Crippen LogP contribution >= 0.6 is 0 Å². The van der Waals surface area contributed by atoms with Crippen molar-refractivity contribution in [2.24, 2.45) is 0 Å². The number of carbonyl (C=O) groups is 2. The molecule has 0 radical (unpaired) electrons. The second kappa shape index (κ2) is 8.95. The first kappa shape index (κ1) is 20.7. The first-order valence-electron chi connectivity index (χ1n) is 8.88. The molecule has 3 aromatic rings. The molecule has 1 N–H and O–H groups in total. The molecule has 0 atom stereocenters. The van der Waals surface area contributed by atoms with Gasteiger partial charge in [-0.05, 0) is 30.3 Å². The minimum Gasteiger partial charge on any atom is -0.496 e. The number of ether oxygens (including phenoxy) is 3. The van der Waals surface area contributed by atoms with Gasteiger partial charge in [-0.25, -0.2) is 9.59 Å². The topological polar surface area (TPSA) is 104 Å². The second-order valence-electron chi connectivity index (χ2n) is 6.07. The molecule has 0 bridgehead atoms. The highest BCUT2D eigenvalue weighted by atomic mass is 16.5. The molecule has 8 nitrogen and oxygen atoms in total. The van der Waals surface area contributed by atoms with Crippen molar-refractivity contribution in [1.29, 1.82) is 0 Å². The normalized spacial score (nSPS) is 10.3. The Kier molecular flexibility index (Phi) is 6.17. The SMILES string of the molecule is C=CCNC(=O)c1cc2ccc(OC(=O)c3c(OC)cccc3OC)cc2oc1=O. The predicted octanol–water partition coefficient (Wildman–Crippen LogP) is 2.95. The van der Waals surface area contributed by atoms with E-state index >= 15 is 0 Å². The van der Waals surface area contributed by atoms with Crippen LogP contribution in [-0.2, 0) is 0 Å². The summed E-state index contributed by atoms with van der Waals surface area (Å²) >= 11 is 0. The Labute approximate surface area is 171 Å². The van der Waals surface area contributed by atoms with E-state index < -0.39 is 17.5 Å². The zero-order valence-electron chi connectivity index (χ0n) is 16.4. The molecule has 3 rings (SSSR count). The van der Waals surface area contributed by atoms with E-state index in [-0.39, 0.29) is 29.0 Å². The van der Waals surface area contributed by atoms with Gasteiger partial charge in [-0.15, -0.1) is 6.58 Å². The van der Waals surface area contributed by atoms with E-state index in [4.69, 9.17) is 18.6 Å². The number of rotatable bonds is 7. The van der Waals surface area contributed by atoms with Crippen molar-refractivity contribution in [1.82, 2.24) is 5.32 Å². The average Bonchev–Trinajstić information content (AvgIpc) is 2.76. The fraction of sp³-hybridized carbons (Fsp3) is 0.136. The lowest BCUT2D eigenvalue weighted by Crippen LogP contribution is -2.28. The minimum absolute atomic E-state index is 0.123. The lowest BCUT2D eigenvalue weighted by molar-refractivity contribution is 0.0727. The summed E-state index contributed by atoms with van der Waals surface area (Å²) in [4.78, 5) is 36.9. The van der Waals surface area contributed by atoms with E-state index in [9.17, 15) is 14.4 Å². The quantitative estimate of drug-likeness (QED) is 0.277. The number of methoxy groups -OCH3 is 2. The summed E-state index contributed by atoms with van der Waals surface area (Å²) in [5.74, 6) is -0.535. The van der Waals surface area contributed by atoms with Crippen LogP contribution in [0.2, 0.25) is 0 Å². The summed E-state index contributed by atoms with van der Waals surface area (Å²) in [7, 11) is 2.86. The number of hydrogen-bond acceptors (Lipinski definition) is 7. The highest BCUT2D eigenvalue weighted by Gasteiger charge is 2.21.